The molecule has 0 spiro atoms. The van der Waals surface area contributed by atoms with Crippen LogP contribution in [0.1, 0.15) is 20.7 Å². The van der Waals surface area contributed by atoms with Crippen molar-refractivity contribution in [1.82, 2.24) is 0 Å². The summed E-state index contributed by atoms with van der Waals surface area (Å²) in [6.45, 7) is 0. The molecule has 0 aliphatic carbocycles. The molecule has 7 heteroatoms. The number of nitrogen functional groups attached to an aromatic ring is 1. The lowest BCUT2D eigenvalue weighted by molar-refractivity contribution is 0.0698. The zero-order chi connectivity index (χ0) is 15.6. The lowest BCUT2D eigenvalue weighted by Crippen LogP contribution is -2.16. The number of rotatable bonds is 3. The van der Waals surface area contributed by atoms with Crippen molar-refractivity contribution in [3.63, 3.8) is 0 Å². The molecule has 4 N–H and O–H groups in total. The van der Waals surface area contributed by atoms with Crippen molar-refractivity contribution in [3.05, 3.63) is 59.2 Å². The monoisotopic (exact) mass is 292 g/mol. The maximum absolute atomic E-state index is 13.2. The number of carboxylic acids is 1. The summed E-state index contributed by atoms with van der Waals surface area (Å²) in [5.74, 6) is -3.56. The molecule has 5 nitrogen and oxygen atoms in total. The highest BCUT2D eigenvalue weighted by molar-refractivity contribution is 6.10. The molecular weight excluding hydrogens is 282 g/mol. The Labute approximate surface area is 118 Å². The largest absolute Gasteiger partial charge is 0.478 e. The second-order valence-corrected chi connectivity index (χ2v) is 4.18. The Hall–Kier alpha value is -2.96. The fourth-order valence-electron chi connectivity index (χ4n) is 1.72. The maximum atomic E-state index is 13.2. The molecule has 0 aliphatic rings. The van der Waals surface area contributed by atoms with Crippen molar-refractivity contribution in [2.24, 2.45) is 0 Å². The summed E-state index contributed by atoms with van der Waals surface area (Å²) in [6.07, 6.45) is 0. The van der Waals surface area contributed by atoms with Gasteiger partial charge in [-0.2, -0.15) is 0 Å². The summed E-state index contributed by atoms with van der Waals surface area (Å²) in [5.41, 5.74) is 4.87. The highest BCUT2D eigenvalue weighted by Crippen LogP contribution is 2.20. The van der Waals surface area contributed by atoms with E-state index in [1.165, 1.54) is 6.07 Å². The Morgan fingerprint density at radius 3 is 2.29 bits per heavy atom. The van der Waals surface area contributed by atoms with Gasteiger partial charge >= 0.3 is 5.97 Å². The summed E-state index contributed by atoms with van der Waals surface area (Å²) in [4.78, 5) is 23.0. The van der Waals surface area contributed by atoms with Crippen molar-refractivity contribution in [1.29, 1.82) is 0 Å². The number of anilines is 2. The van der Waals surface area contributed by atoms with Gasteiger partial charge in [-0.15, -0.1) is 0 Å². The Kier molecular flexibility index (Phi) is 3.84. The van der Waals surface area contributed by atoms with Gasteiger partial charge in [0.05, 0.1) is 16.8 Å². The fraction of sp³-hybridized carbons (Fsp3) is 0. The molecule has 0 aliphatic heterocycles. The molecular formula is C14H10F2N2O3. The van der Waals surface area contributed by atoms with E-state index in [1.807, 2.05) is 0 Å². The number of hydrogen-bond acceptors (Lipinski definition) is 3. The van der Waals surface area contributed by atoms with Gasteiger partial charge in [-0.25, -0.2) is 13.6 Å². The van der Waals surface area contributed by atoms with E-state index in [0.29, 0.717) is 0 Å². The summed E-state index contributed by atoms with van der Waals surface area (Å²) < 4.78 is 26.3. The highest BCUT2D eigenvalue weighted by Gasteiger charge is 2.16. The second kappa shape index (κ2) is 5.58. The Morgan fingerprint density at radius 2 is 1.62 bits per heavy atom. The molecule has 0 heterocycles. The van der Waals surface area contributed by atoms with Crippen LogP contribution >= 0.6 is 0 Å². The number of aromatic carboxylic acids is 1. The summed E-state index contributed by atoms with van der Waals surface area (Å²) in [6, 6.07) is 6.02. The van der Waals surface area contributed by atoms with Gasteiger partial charge < -0.3 is 16.2 Å². The van der Waals surface area contributed by atoms with E-state index >= 15 is 0 Å². The molecule has 0 atom stereocenters. The van der Waals surface area contributed by atoms with Crippen LogP contribution in [0.25, 0.3) is 0 Å². The predicted molar refractivity (Wildman–Crippen MR) is 72.1 cm³/mol. The first-order valence-electron chi connectivity index (χ1n) is 5.77. The van der Waals surface area contributed by atoms with Crippen LogP contribution in [0.2, 0.25) is 0 Å². The second-order valence-electron chi connectivity index (χ2n) is 4.18. The van der Waals surface area contributed by atoms with E-state index in [-0.39, 0.29) is 22.5 Å². The average Bonchev–Trinajstić information content (AvgIpc) is 2.41. The quantitative estimate of drug-likeness (QED) is 0.758. The van der Waals surface area contributed by atoms with E-state index in [1.54, 1.807) is 0 Å². The number of nitrogens with one attached hydrogen (secondary N) is 1. The Balaban J connectivity index is 2.38. The zero-order valence-corrected chi connectivity index (χ0v) is 10.6. The number of hydrogen-bond donors (Lipinski definition) is 3. The third-order valence-electron chi connectivity index (χ3n) is 2.72. The highest BCUT2D eigenvalue weighted by atomic mass is 19.1. The number of nitrogens with two attached hydrogens (primary N) is 1. The molecule has 0 fully saturated rings. The summed E-state index contributed by atoms with van der Waals surface area (Å²) in [5, 5.41) is 11.2. The molecule has 0 aromatic heterocycles. The van der Waals surface area contributed by atoms with Crippen LogP contribution in [-0.4, -0.2) is 17.0 Å². The number of halogens is 2. The molecule has 108 valence electrons. The van der Waals surface area contributed by atoms with Gasteiger partial charge in [0.1, 0.15) is 11.6 Å². The Morgan fingerprint density at radius 1 is 1.00 bits per heavy atom. The van der Waals surface area contributed by atoms with Crippen LogP contribution in [0.4, 0.5) is 20.2 Å². The minimum Gasteiger partial charge on any atom is -0.478 e. The van der Waals surface area contributed by atoms with E-state index in [0.717, 1.165) is 30.3 Å². The van der Waals surface area contributed by atoms with Gasteiger partial charge in [0.2, 0.25) is 0 Å². The van der Waals surface area contributed by atoms with Gasteiger partial charge in [-0.05, 0) is 36.4 Å². The van der Waals surface area contributed by atoms with Crippen LogP contribution in [-0.2, 0) is 0 Å². The van der Waals surface area contributed by atoms with Gasteiger partial charge in [0.15, 0.2) is 0 Å². The van der Waals surface area contributed by atoms with Crippen LogP contribution in [0.3, 0.4) is 0 Å². The standard InChI is InChI=1S/C14H10F2N2O3/c15-7-2-4-11(17)10(5-7)13(19)18-12-6-8(16)1-3-9(12)14(20)21/h1-6H,17H2,(H,18,19)(H,20,21). The molecule has 0 saturated heterocycles. The number of amides is 1. The van der Waals surface area contributed by atoms with Crippen molar-refractivity contribution in [2.75, 3.05) is 11.1 Å². The van der Waals surface area contributed by atoms with Crippen LogP contribution in [0.15, 0.2) is 36.4 Å². The number of carbonyl (C=O) groups is 2. The van der Waals surface area contributed by atoms with E-state index in [4.69, 9.17) is 10.8 Å². The lowest BCUT2D eigenvalue weighted by Gasteiger charge is -2.10. The van der Waals surface area contributed by atoms with Gasteiger partial charge in [-0.3, -0.25) is 4.79 Å². The molecule has 2 aromatic rings. The van der Waals surface area contributed by atoms with Crippen LogP contribution in [0, 0.1) is 11.6 Å². The molecule has 2 rings (SSSR count). The van der Waals surface area contributed by atoms with Crippen molar-refractivity contribution in [3.8, 4) is 0 Å². The first kappa shape index (κ1) is 14.4. The van der Waals surface area contributed by atoms with E-state index in [2.05, 4.69) is 5.32 Å². The molecule has 0 bridgehead atoms. The first-order valence-corrected chi connectivity index (χ1v) is 5.77. The third kappa shape index (κ3) is 3.14. The molecule has 0 unspecified atom stereocenters. The first-order chi connectivity index (χ1) is 9.88. The minimum absolute atomic E-state index is 0.0159. The minimum atomic E-state index is -1.34. The topological polar surface area (TPSA) is 92.4 Å². The molecule has 1 amide bonds. The third-order valence-corrected chi connectivity index (χ3v) is 2.72. The van der Waals surface area contributed by atoms with E-state index in [9.17, 15) is 18.4 Å². The average molecular weight is 292 g/mol. The number of carboxylic acid groups (broad SMARTS) is 1. The molecule has 0 radical (unpaired) electrons. The molecule has 2 aromatic carbocycles. The van der Waals surface area contributed by atoms with Crippen LogP contribution in [0.5, 0.6) is 0 Å². The summed E-state index contributed by atoms with van der Waals surface area (Å²) >= 11 is 0. The zero-order valence-electron chi connectivity index (χ0n) is 10.6. The van der Waals surface area contributed by atoms with Crippen molar-refractivity contribution < 1.29 is 23.5 Å². The number of carbonyl (C=O) groups excluding carboxylic acids is 1. The molecule has 21 heavy (non-hydrogen) atoms. The molecule has 0 saturated carbocycles. The lowest BCUT2D eigenvalue weighted by atomic mass is 10.1. The normalized spacial score (nSPS) is 10.2. The summed E-state index contributed by atoms with van der Waals surface area (Å²) in [7, 11) is 0. The SMILES string of the molecule is Nc1ccc(F)cc1C(=O)Nc1cc(F)ccc1C(=O)O. The smallest absolute Gasteiger partial charge is 0.337 e. The van der Waals surface area contributed by atoms with E-state index < -0.39 is 23.5 Å². The predicted octanol–water partition coefficient (Wildman–Crippen LogP) is 2.50. The maximum Gasteiger partial charge on any atom is 0.337 e. The van der Waals surface area contributed by atoms with Crippen molar-refractivity contribution in [2.45, 2.75) is 0 Å². The number of benzene rings is 2. The fourth-order valence-corrected chi connectivity index (χ4v) is 1.72. The van der Waals surface area contributed by atoms with Gasteiger partial charge in [0, 0.05) is 5.69 Å². The van der Waals surface area contributed by atoms with Gasteiger partial charge in [-0.1, -0.05) is 0 Å². The van der Waals surface area contributed by atoms with Gasteiger partial charge in [0.25, 0.3) is 5.91 Å². The van der Waals surface area contributed by atoms with Crippen LogP contribution < -0.4 is 11.1 Å². The Bertz CT molecular complexity index is 732. The van der Waals surface area contributed by atoms with Crippen molar-refractivity contribution >= 4 is 23.3 Å².